The van der Waals surface area contributed by atoms with Crippen LogP contribution in [-0.2, 0) is 4.84 Å². The van der Waals surface area contributed by atoms with Crippen LogP contribution in [0.15, 0.2) is 47.6 Å². The van der Waals surface area contributed by atoms with Gasteiger partial charge in [0.25, 0.3) is 0 Å². The van der Waals surface area contributed by atoms with E-state index >= 15 is 0 Å². The van der Waals surface area contributed by atoms with Gasteiger partial charge in [-0.1, -0.05) is 34.7 Å². The second-order valence-electron chi connectivity index (χ2n) is 3.34. The fourth-order valence-electron chi connectivity index (χ4n) is 1.22. The molecule has 7 heteroatoms. The summed E-state index contributed by atoms with van der Waals surface area (Å²) in [4.78, 5) is 26.4. The van der Waals surface area contributed by atoms with E-state index in [1.807, 2.05) is 0 Å². The Labute approximate surface area is 113 Å². The minimum absolute atomic E-state index is 0.102. The molecule has 0 radical (unpaired) electrons. The maximum atomic E-state index is 11.6. The standard InChI is InChI=1S/C12H8N2O4S/c15-12(9-4-2-1-3-5-9)18-13-8-10-6-7-11(19-10)14(16)17/h1-8H/b13-8-/i8D. The molecule has 0 atom stereocenters. The van der Waals surface area contributed by atoms with Crippen LogP contribution in [0.2, 0.25) is 0 Å². The lowest BCUT2D eigenvalue weighted by molar-refractivity contribution is -0.380. The van der Waals surface area contributed by atoms with Gasteiger partial charge in [-0.25, -0.2) is 4.79 Å². The van der Waals surface area contributed by atoms with Crippen molar-refractivity contribution in [1.82, 2.24) is 0 Å². The predicted molar refractivity (Wildman–Crippen MR) is 70.4 cm³/mol. The Morgan fingerprint density at radius 2 is 2.11 bits per heavy atom. The van der Waals surface area contributed by atoms with E-state index in [-0.39, 0.29) is 16.1 Å². The van der Waals surface area contributed by atoms with Gasteiger partial charge in [0, 0.05) is 6.07 Å². The Bertz CT molecular complexity index is 669. The van der Waals surface area contributed by atoms with Crippen molar-refractivity contribution in [3.8, 4) is 0 Å². The van der Waals surface area contributed by atoms with Crippen molar-refractivity contribution in [3.05, 3.63) is 63.0 Å². The van der Waals surface area contributed by atoms with E-state index in [9.17, 15) is 14.9 Å². The first kappa shape index (κ1) is 11.5. The molecule has 96 valence electrons. The van der Waals surface area contributed by atoms with E-state index in [1.165, 1.54) is 12.1 Å². The topological polar surface area (TPSA) is 81.8 Å². The SMILES string of the molecule is [2H]/C(=N/OC(=O)c1ccccc1)c1ccc([N+](=O)[O-])s1. The van der Waals surface area contributed by atoms with Crippen LogP contribution in [0.4, 0.5) is 5.00 Å². The van der Waals surface area contributed by atoms with Gasteiger partial charge in [0.1, 0.15) is 0 Å². The number of nitro groups is 1. The number of hydrogen-bond donors (Lipinski definition) is 0. The van der Waals surface area contributed by atoms with Gasteiger partial charge >= 0.3 is 11.0 Å². The minimum atomic E-state index is -0.693. The van der Waals surface area contributed by atoms with Gasteiger partial charge in [0.15, 0.2) is 0 Å². The fourth-order valence-corrected chi connectivity index (χ4v) is 1.88. The van der Waals surface area contributed by atoms with Gasteiger partial charge < -0.3 is 4.84 Å². The maximum Gasteiger partial charge on any atom is 0.365 e. The van der Waals surface area contributed by atoms with Crippen molar-refractivity contribution in [2.75, 3.05) is 0 Å². The summed E-state index contributed by atoms with van der Waals surface area (Å²) in [7, 11) is 0. The summed E-state index contributed by atoms with van der Waals surface area (Å²) in [6.45, 7) is 0. The van der Waals surface area contributed by atoms with Gasteiger partial charge in [0.05, 0.1) is 22.9 Å². The Kier molecular flexibility index (Phi) is 3.57. The molecule has 0 saturated carbocycles. The molecule has 2 aromatic rings. The van der Waals surface area contributed by atoms with Crippen LogP contribution in [0.25, 0.3) is 0 Å². The van der Waals surface area contributed by atoms with Crippen LogP contribution in [0.3, 0.4) is 0 Å². The third-order valence-electron chi connectivity index (χ3n) is 2.07. The molecule has 0 aliphatic heterocycles. The van der Waals surface area contributed by atoms with Gasteiger partial charge in [0.2, 0.25) is 0 Å². The van der Waals surface area contributed by atoms with Crippen LogP contribution in [0.1, 0.15) is 16.6 Å². The highest BCUT2D eigenvalue weighted by molar-refractivity contribution is 7.16. The normalized spacial score (nSPS) is 11.8. The molecular formula is C12H8N2O4S. The minimum Gasteiger partial charge on any atom is -0.313 e. The number of rotatable bonds is 4. The molecule has 0 N–H and O–H groups in total. The molecule has 0 spiro atoms. The number of carbonyl (C=O) groups is 1. The van der Waals surface area contributed by atoms with E-state index in [4.69, 9.17) is 1.37 Å². The van der Waals surface area contributed by atoms with Crippen LogP contribution in [0.5, 0.6) is 0 Å². The van der Waals surface area contributed by atoms with Crippen LogP contribution in [-0.4, -0.2) is 17.1 Å². The average Bonchev–Trinajstić information content (AvgIpc) is 2.95. The summed E-state index contributed by atoms with van der Waals surface area (Å²) in [5, 5.41) is 13.8. The van der Waals surface area contributed by atoms with E-state index < -0.39 is 10.9 Å². The summed E-state index contributed by atoms with van der Waals surface area (Å²) >= 11 is 0.788. The van der Waals surface area contributed by atoms with E-state index in [0.717, 1.165) is 11.3 Å². The van der Waals surface area contributed by atoms with Gasteiger partial charge in [-0.15, -0.1) is 0 Å². The Balaban J connectivity index is 2.07. The average molecular weight is 277 g/mol. The molecule has 0 saturated heterocycles. The number of nitrogens with zero attached hydrogens (tertiary/aromatic N) is 2. The summed E-state index contributed by atoms with van der Waals surface area (Å²) in [6, 6.07) is 10.8. The molecule has 0 fully saturated rings. The summed E-state index contributed by atoms with van der Waals surface area (Å²) in [6.07, 6.45) is -0.340. The molecule has 0 bridgehead atoms. The third kappa shape index (κ3) is 3.46. The Hall–Kier alpha value is -2.54. The van der Waals surface area contributed by atoms with Crippen LogP contribution >= 0.6 is 11.3 Å². The Morgan fingerprint density at radius 1 is 1.37 bits per heavy atom. The largest absolute Gasteiger partial charge is 0.365 e. The lowest BCUT2D eigenvalue weighted by Gasteiger charge is -1.95. The first-order valence-corrected chi connectivity index (χ1v) is 5.95. The lowest BCUT2D eigenvalue weighted by Crippen LogP contribution is -2.00. The third-order valence-corrected chi connectivity index (χ3v) is 3.01. The van der Waals surface area contributed by atoms with Gasteiger partial charge in [-0.2, -0.15) is 0 Å². The summed E-state index contributed by atoms with van der Waals surface area (Å²) < 4.78 is 7.58. The number of benzene rings is 1. The van der Waals surface area contributed by atoms with E-state index in [1.54, 1.807) is 30.3 Å². The maximum absolute atomic E-state index is 11.6. The Morgan fingerprint density at radius 3 is 2.74 bits per heavy atom. The van der Waals surface area contributed by atoms with Crippen molar-refractivity contribution in [2.24, 2.45) is 5.16 Å². The second kappa shape index (κ2) is 5.87. The lowest BCUT2D eigenvalue weighted by atomic mass is 10.2. The zero-order valence-electron chi connectivity index (χ0n) is 10.5. The first-order valence-electron chi connectivity index (χ1n) is 5.63. The van der Waals surface area contributed by atoms with Crippen molar-refractivity contribution in [1.29, 1.82) is 0 Å². The molecule has 1 aromatic carbocycles. The molecule has 0 aliphatic rings. The van der Waals surface area contributed by atoms with Gasteiger partial charge in [-0.3, -0.25) is 10.1 Å². The first-order chi connectivity index (χ1) is 9.58. The van der Waals surface area contributed by atoms with E-state index in [0.29, 0.717) is 5.56 Å². The van der Waals surface area contributed by atoms with Crippen molar-refractivity contribution in [2.45, 2.75) is 0 Å². The number of thiophene rings is 1. The molecule has 2 rings (SSSR count). The van der Waals surface area contributed by atoms with Crippen LogP contribution in [0, 0.1) is 10.1 Å². The van der Waals surface area contributed by atoms with Gasteiger partial charge in [-0.05, 0) is 18.2 Å². The van der Waals surface area contributed by atoms with Crippen LogP contribution < -0.4 is 0 Å². The molecule has 0 aliphatic carbocycles. The monoisotopic (exact) mass is 277 g/mol. The number of oxime groups is 1. The highest BCUT2D eigenvalue weighted by Gasteiger charge is 2.09. The van der Waals surface area contributed by atoms with Crippen molar-refractivity contribution in [3.63, 3.8) is 0 Å². The molecular weight excluding hydrogens is 268 g/mol. The summed E-state index contributed by atoms with van der Waals surface area (Å²) in [5.74, 6) is -0.693. The quantitative estimate of drug-likeness (QED) is 0.372. The summed E-state index contributed by atoms with van der Waals surface area (Å²) in [5.41, 5.74) is 0.307. The molecule has 1 heterocycles. The number of hydrogen-bond acceptors (Lipinski definition) is 6. The predicted octanol–water partition coefficient (Wildman–Crippen LogP) is 2.85. The zero-order valence-corrected chi connectivity index (χ0v) is 10.3. The van der Waals surface area contributed by atoms with E-state index in [2.05, 4.69) is 9.99 Å². The highest BCUT2D eigenvalue weighted by Crippen LogP contribution is 2.22. The molecule has 1 aromatic heterocycles. The molecule has 0 amide bonds. The number of carbonyl (C=O) groups excluding carboxylic acids is 1. The molecule has 6 nitrogen and oxygen atoms in total. The second-order valence-corrected chi connectivity index (χ2v) is 4.41. The zero-order chi connectivity index (χ0) is 14.5. The van der Waals surface area contributed by atoms with Crippen molar-refractivity contribution >= 4 is 28.5 Å². The molecule has 0 unspecified atom stereocenters. The highest BCUT2D eigenvalue weighted by atomic mass is 32.1. The smallest absolute Gasteiger partial charge is 0.313 e. The fraction of sp³-hybridized carbons (Fsp3) is 0. The molecule has 19 heavy (non-hydrogen) atoms. The van der Waals surface area contributed by atoms with Crippen molar-refractivity contribution < 1.29 is 15.9 Å².